The standard InChI is InChI=1S/C12H10F3N3OS/c1-20(19)11-16-7-9(12(13,14)15)10(18-11)17-8-5-3-2-4-6-8/h2-7H,1H3,(H,16,17,18). The third kappa shape index (κ3) is 3.40. The topological polar surface area (TPSA) is 60.9 Å². The maximum absolute atomic E-state index is 12.9. The summed E-state index contributed by atoms with van der Waals surface area (Å²) in [5.74, 6) is -0.413. The van der Waals surface area contributed by atoms with Crippen LogP contribution in [0.1, 0.15) is 5.56 Å². The summed E-state index contributed by atoms with van der Waals surface area (Å²) in [4.78, 5) is 7.17. The Morgan fingerprint density at radius 1 is 1.20 bits per heavy atom. The van der Waals surface area contributed by atoms with Crippen LogP contribution < -0.4 is 5.32 Å². The van der Waals surface area contributed by atoms with Gasteiger partial charge in [-0.2, -0.15) is 23.1 Å². The Morgan fingerprint density at radius 3 is 2.40 bits per heavy atom. The Labute approximate surface area is 116 Å². The van der Waals surface area contributed by atoms with Crippen LogP contribution in [0.25, 0.3) is 0 Å². The van der Waals surface area contributed by atoms with Crippen LogP contribution in [-0.2, 0) is 17.4 Å². The molecule has 0 aliphatic rings. The molecule has 2 rings (SSSR count). The van der Waals surface area contributed by atoms with Crippen LogP contribution in [0.3, 0.4) is 0 Å². The van der Waals surface area contributed by atoms with Gasteiger partial charge in [-0.15, -0.1) is 0 Å². The molecule has 0 aliphatic heterocycles. The van der Waals surface area contributed by atoms with E-state index in [1.54, 1.807) is 30.3 Å². The first-order chi connectivity index (χ1) is 9.38. The van der Waals surface area contributed by atoms with Gasteiger partial charge in [0, 0.05) is 23.1 Å². The Balaban J connectivity index is 2.44. The highest BCUT2D eigenvalue weighted by molar-refractivity contribution is 7.90. The highest BCUT2D eigenvalue weighted by atomic mass is 32.2. The van der Waals surface area contributed by atoms with Crippen molar-refractivity contribution in [1.29, 1.82) is 0 Å². The number of rotatable bonds is 3. The zero-order valence-corrected chi connectivity index (χ0v) is 11.1. The molecular weight excluding hydrogens is 291 g/mol. The van der Waals surface area contributed by atoms with E-state index in [0.29, 0.717) is 11.9 Å². The van der Waals surface area contributed by atoms with Crippen LogP contribution in [0.5, 0.6) is 0 Å². The van der Waals surface area contributed by atoms with Gasteiger partial charge >= 0.3 is 11.3 Å². The highest BCUT2D eigenvalue weighted by Gasteiger charge is 2.36. The molecule has 0 saturated carbocycles. The molecule has 0 fully saturated rings. The fourth-order valence-electron chi connectivity index (χ4n) is 1.47. The van der Waals surface area contributed by atoms with Crippen LogP contribution in [0, 0.1) is 0 Å². The number of alkyl halides is 3. The Kier molecular flexibility index (Phi) is 4.15. The third-order valence-corrected chi connectivity index (χ3v) is 3.08. The van der Waals surface area contributed by atoms with E-state index >= 15 is 0 Å². The first kappa shape index (κ1) is 14.6. The van der Waals surface area contributed by atoms with Crippen molar-refractivity contribution in [1.82, 2.24) is 9.97 Å². The van der Waals surface area contributed by atoms with Crippen molar-refractivity contribution in [3.63, 3.8) is 0 Å². The fourth-order valence-corrected chi connectivity index (χ4v) is 1.89. The number of benzene rings is 1. The van der Waals surface area contributed by atoms with E-state index in [0.717, 1.165) is 0 Å². The van der Waals surface area contributed by atoms with E-state index in [1.165, 1.54) is 6.26 Å². The largest absolute Gasteiger partial charge is 0.609 e. The van der Waals surface area contributed by atoms with E-state index in [2.05, 4.69) is 15.3 Å². The second-order valence-corrected chi connectivity index (χ2v) is 5.13. The quantitative estimate of drug-likeness (QED) is 0.699. The van der Waals surface area contributed by atoms with Gasteiger partial charge in [0.15, 0.2) is 5.82 Å². The van der Waals surface area contributed by atoms with Gasteiger partial charge in [0.1, 0.15) is 11.8 Å². The maximum Gasteiger partial charge on any atom is 0.421 e. The molecule has 1 N–H and O–H groups in total. The number of hydrogen-bond acceptors (Lipinski definition) is 4. The lowest BCUT2D eigenvalue weighted by atomic mass is 10.2. The van der Waals surface area contributed by atoms with E-state index in [1.807, 2.05) is 0 Å². The molecule has 1 aromatic heterocycles. The van der Waals surface area contributed by atoms with Crippen molar-refractivity contribution in [2.24, 2.45) is 0 Å². The lowest BCUT2D eigenvalue weighted by Crippen LogP contribution is -2.14. The number of halogens is 3. The number of aromatic nitrogens is 2. The molecule has 0 saturated heterocycles. The van der Waals surface area contributed by atoms with Crippen LogP contribution in [0.4, 0.5) is 24.7 Å². The van der Waals surface area contributed by atoms with Gasteiger partial charge < -0.3 is 9.87 Å². The predicted octanol–water partition coefficient (Wildman–Crippen LogP) is 2.98. The van der Waals surface area contributed by atoms with Crippen molar-refractivity contribution in [3.8, 4) is 0 Å². The molecule has 0 radical (unpaired) electrons. The van der Waals surface area contributed by atoms with Gasteiger partial charge in [-0.25, -0.2) is 0 Å². The predicted molar refractivity (Wildman–Crippen MR) is 69.1 cm³/mol. The van der Waals surface area contributed by atoms with Crippen molar-refractivity contribution in [2.45, 2.75) is 11.3 Å². The van der Waals surface area contributed by atoms with Gasteiger partial charge in [-0.05, 0) is 12.1 Å². The second kappa shape index (κ2) is 5.68. The summed E-state index contributed by atoms with van der Waals surface area (Å²) in [7, 11) is 0. The number of nitrogens with zero attached hydrogens (tertiary/aromatic N) is 2. The van der Waals surface area contributed by atoms with Gasteiger partial charge in [0.05, 0.1) is 0 Å². The monoisotopic (exact) mass is 301 g/mol. The average molecular weight is 301 g/mol. The molecule has 2 aromatic rings. The zero-order chi connectivity index (χ0) is 14.8. The smallest absolute Gasteiger partial charge is 0.421 e. The minimum atomic E-state index is -4.59. The van der Waals surface area contributed by atoms with E-state index in [4.69, 9.17) is 0 Å². The Morgan fingerprint density at radius 2 is 1.85 bits per heavy atom. The summed E-state index contributed by atoms with van der Waals surface area (Å²) >= 11 is -1.56. The molecular formula is C12H10F3N3OS. The fraction of sp³-hybridized carbons (Fsp3) is 0.167. The summed E-state index contributed by atoms with van der Waals surface area (Å²) in [6, 6.07) is 8.30. The number of nitrogens with one attached hydrogen (secondary N) is 1. The number of anilines is 2. The maximum atomic E-state index is 12.9. The van der Waals surface area contributed by atoms with Crippen LogP contribution in [0.2, 0.25) is 0 Å². The van der Waals surface area contributed by atoms with Crippen molar-refractivity contribution >= 4 is 22.7 Å². The molecule has 8 heteroatoms. The van der Waals surface area contributed by atoms with Crippen LogP contribution >= 0.6 is 0 Å². The molecule has 106 valence electrons. The average Bonchev–Trinajstić information content (AvgIpc) is 2.38. The third-order valence-electron chi connectivity index (χ3n) is 2.37. The van der Waals surface area contributed by atoms with Gasteiger partial charge in [-0.3, -0.25) is 0 Å². The highest BCUT2D eigenvalue weighted by Crippen LogP contribution is 2.34. The summed E-state index contributed by atoms with van der Waals surface area (Å²) in [6.45, 7) is 0. The Hall–Kier alpha value is -1.80. The van der Waals surface area contributed by atoms with Crippen molar-refractivity contribution in [3.05, 3.63) is 42.1 Å². The number of hydrogen-bond donors (Lipinski definition) is 1. The van der Waals surface area contributed by atoms with Crippen LogP contribution in [-0.4, -0.2) is 20.8 Å². The molecule has 4 nitrogen and oxygen atoms in total. The molecule has 1 aromatic carbocycles. The van der Waals surface area contributed by atoms with E-state index in [-0.39, 0.29) is 5.16 Å². The summed E-state index contributed by atoms with van der Waals surface area (Å²) in [5.41, 5.74) is -0.555. The molecule has 1 unspecified atom stereocenters. The molecule has 0 spiro atoms. The van der Waals surface area contributed by atoms with E-state index < -0.39 is 28.7 Å². The van der Waals surface area contributed by atoms with E-state index in [9.17, 15) is 17.7 Å². The molecule has 1 atom stereocenters. The second-order valence-electron chi connectivity index (χ2n) is 3.86. The number of para-hydroxylation sites is 1. The first-order valence-corrected chi connectivity index (χ1v) is 7.03. The molecule has 0 aliphatic carbocycles. The lowest BCUT2D eigenvalue weighted by Gasteiger charge is -2.14. The molecule has 1 heterocycles. The van der Waals surface area contributed by atoms with Crippen LogP contribution in [0.15, 0.2) is 41.7 Å². The Bertz CT molecular complexity index is 590. The zero-order valence-electron chi connectivity index (χ0n) is 10.3. The molecule has 20 heavy (non-hydrogen) atoms. The lowest BCUT2D eigenvalue weighted by molar-refractivity contribution is -0.137. The van der Waals surface area contributed by atoms with Gasteiger partial charge in [0.2, 0.25) is 0 Å². The summed E-state index contributed by atoms with van der Waals surface area (Å²) < 4.78 is 50.0. The van der Waals surface area contributed by atoms with Gasteiger partial charge in [-0.1, -0.05) is 18.2 Å². The van der Waals surface area contributed by atoms with Crippen molar-refractivity contribution < 1.29 is 17.7 Å². The normalized spacial score (nSPS) is 13.1. The molecule has 0 bridgehead atoms. The molecule has 0 amide bonds. The minimum Gasteiger partial charge on any atom is -0.609 e. The SMILES string of the molecule is C[S+]([O-])c1ncc(C(F)(F)F)c(Nc2ccccc2)n1. The van der Waals surface area contributed by atoms with Crippen molar-refractivity contribution in [2.75, 3.05) is 11.6 Å². The summed E-state index contributed by atoms with van der Waals surface area (Å²) in [6.07, 6.45) is -2.66. The first-order valence-electron chi connectivity index (χ1n) is 5.47. The minimum absolute atomic E-state index is 0.156. The van der Waals surface area contributed by atoms with Gasteiger partial charge in [0.25, 0.3) is 0 Å². The summed E-state index contributed by atoms with van der Waals surface area (Å²) in [5, 5.41) is 2.41.